The molecule has 2 rings (SSSR count). The van der Waals surface area contributed by atoms with E-state index in [9.17, 15) is 13.2 Å². The van der Waals surface area contributed by atoms with Crippen LogP contribution in [-0.2, 0) is 26.2 Å². The van der Waals surface area contributed by atoms with Gasteiger partial charge in [0.1, 0.15) is 16.9 Å². The Kier molecular flexibility index (Phi) is 6.15. The standard InChI is InChI=1S/C17H21NO4S2/c1-12(2)16(18-24(20,21)15-5-4-10-23-15)17(19)22-11-14-8-6-13(3)7-9-14/h4-10,12,16,18H,11H2,1-3H3/t16-/m1/s1. The number of esters is 1. The summed E-state index contributed by atoms with van der Waals surface area (Å²) in [6.07, 6.45) is 0. The summed E-state index contributed by atoms with van der Waals surface area (Å²) in [5.74, 6) is -0.809. The van der Waals surface area contributed by atoms with Gasteiger partial charge in [-0.2, -0.15) is 4.72 Å². The highest BCUT2D eigenvalue weighted by Gasteiger charge is 2.30. The van der Waals surface area contributed by atoms with Crippen molar-refractivity contribution in [2.75, 3.05) is 0 Å². The van der Waals surface area contributed by atoms with E-state index in [-0.39, 0.29) is 16.7 Å². The molecule has 0 aliphatic rings. The third-order valence-corrected chi connectivity index (χ3v) is 6.30. The van der Waals surface area contributed by atoms with Gasteiger partial charge in [-0.3, -0.25) is 4.79 Å². The third kappa shape index (κ3) is 4.90. The third-order valence-electron chi connectivity index (χ3n) is 3.46. The smallest absolute Gasteiger partial charge is 0.324 e. The second-order valence-electron chi connectivity index (χ2n) is 5.87. The fourth-order valence-corrected chi connectivity index (χ4v) is 4.37. The molecule has 0 aliphatic carbocycles. The largest absolute Gasteiger partial charge is 0.460 e. The SMILES string of the molecule is Cc1ccc(COC(=O)[C@H](NS(=O)(=O)c2cccs2)C(C)C)cc1. The van der Waals surface area contributed by atoms with Crippen LogP contribution in [-0.4, -0.2) is 20.4 Å². The molecule has 1 atom stereocenters. The normalized spacial score (nSPS) is 13.0. The highest BCUT2D eigenvalue weighted by atomic mass is 32.2. The van der Waals surface area contributed by atoms with E-state index in [1.807, 2.05) is 31.2 Å². The maximum atomic E-state index is 12.3. The molecule has 1 N–H and O–H groups in total. The molecule has 24 heavy (non-hydrogen) atoms. The monoisotopic (exact) mass is 367 g/mol. The lowest BCUT2D eigenvalue weighted by atomic mass is 10.1. The quantitative estimate of drug-likeness (QED) is 0.763. The summed E-state index contributed by atoms with van der Waals surface area (Å²) in [7, 11) is -3.73. The molecular weight excluding hydrogens is 346 g/mol. The van der Waals surface area contributed by atoms with Crippen LogP contribution in [0.4, 0.5) is 0 Å². The van der Waals surface area contributed by atoms with Crippen LogP contribution in [0.2, 0.25) is 0 Å². The molecular formula is C17H21NO4S2. The molecule has 7 heteroatoms. The van der Waals surface area contributed by atoms with Gasteiger partial charge in [-0.15, -0.1) is 11.3 Å². The Morgan fingerprint density at radius 1 is 1.21 bits per heavy atom. The molecule has 1 aromatic carbocycles. The first-order chi connectivity index (χ1) is 11.3. The first-order valence-electron chi connectivity index (χ1n) is 7.57. The van der Waals surface area contributed by atoms with Gasteiger partial charge in [-0.1, -0.05) is 49.7 Å². The second-order valence-corrected chi connectivity index (χ2v) is 8.76. The zero-order valence-corrected chi connectivity index (χ0v) is 15.5. The Balaban J connectivity index is 2.04. The summed E-state index contributed by atoms with van der Waals surface area (Å²) in [6, 6.07) is 9.85. The van der Waals surface area contributed by atoms with Crippen molar-refractivity contribution in [3.05, 3.63) is 52.9 Å². The van der Waals surface area contributed by atoms with Crippen molar-refractivity contribution < 1.29 is 17.9 Å². The molecule has 2 aromatic rings. The summed E-state index contributed by atoms with van der Waals surface area (Å²) in [5.41, 5.74) is 1.98. The minimum absolute atomic E-state index is 0.114. The number of rotatable bonds is 7. The number of sulfonamides is 1. The molecule has 0 fully saturated rings. The fraction of sp³-hybridized carbons (Fsp3) is 0.353. The zero-order chi connectivity index (χ0) is 17.7. The zero-order valence-electron chi connectivity index (χ0n) is 13.9. The van der Waals surface area contributed by atoms with Crippen LogP contribution >= 0.6 is 11.3 Å². The average molecular weight is 367 g/mol. The number of thiophene rings is 1. The van der Waals surface area contributed by atoms with Crippen LogP contribution in [0.25, 0.3) is 0 Å². The van der Waals surface area contributed by atoms with Crippen LogP contribution in [0.5, 0.6) is 0 Å². The van der Waals surface area contributed by atoms with Gasteiger partial charge in [0.05, 0.1) is 0 Å². The number of hydrogen-bond acceptors (Lipinski definition) is 5. The Morgan fingerprint density at radius 3 is 2.42 bits per heavy atom. The summed E-state index contributed by atoms with van der Waals surface area (Å²) in [6.45, 7) is 5.64. The van der Waals surface area contributed by atoms with Crippen molar-refractivity contribution in [1.29, 1.82) is 0 Å². The van der Waals surface area contributed by atoms with E-state index in [0.717, 1.165) is 22.5 Å². The predicted octanol–water partition coefficient (Wildman–Crippen LogP) is 3.10. The van der Waals surface area contributed by atoms with Crippen molar-refractivity contribution in [2.24, 2.45) is 5.92 Å². The molecule has 0 aliphatic heterocycles. The van der Waals surface area contributed by atoms with Crippen LogP contribution in [0.1, 0.15) is 25.0 Å². The molecule has 5 nitrogen and oxygen atoms in total. The first kappa shape index (κ1) is 18.6. The van der Waals surface area contributed by atoms with E-state index in [0.29, 0.717) is 0 Å². The molecule has 0 unspecified atom stereocenters. The summed E-state index contributed by atoms with van der Waals surface area (Å²) in [5, 5.41) is 1.68. The van der Waals surface area contributed by atoms with E-state index >= 15 is 0 Å². The van der Waals surface area contributed by atoms with Gasteiger partial charge in [0.25, 0.3) is 10.0 Å². The number of carbonyl (C=O) groups is 1. The molecule has 0 spiro atoms. The Hall–Kier alpha value is -1.70. The van der Waals surface area contributed by atoms with Crippen molar-refractivity contribution in [3.8, 4) is 0 Å². The fourth-order valence-electron chi connectivity index (χ4n) is 2.03. The van der Waals surface area contributed by atoms with Gasteiger partial charge >= 0.3 is 5.97 Å². The summed E-state index contributed by atoms with van der Waals surface area (Å²) < 4.78 is 32.6. The highest BCUT2D eigenvalue weighted by Crippen LogP contribution is 2.18. The van der Waals surface area contributed by atoms with Gasteiger partial charge in [-0.05, 0) is 29.9 Å². The van der Waals surface area contributed by atoms with Crippen LogP contribution in [0, 0.1) is 12.8 Å². The minimum atomic E-state index is -3.73. The lowest BCUT2D eigenvalue weighted by molar-refractivity contribution is -0.148. The van der Waals surface area contributed by atoms with Crippen molar-refractivity contribution in [2.45, 2.75) is 37.6 Å². The van der Waals surface area contributed by atoms with E-state index in [4.69, 9.17) is 4.74 Å². The van der Waals surface area contributed by atoms with E-state index in [1.54, 1.807) is 25.3 Å². The number of aryl methyl sites for hydroxylation is 1. The topological polar surface area (TPSA) is 72.5 Å². The molecule has 0 amide bonds. The molecule has 0 bridgehead atoms. The first-order valence-corrected chi connectivity index (χ1v) is 9.94. The van der Waals surface area contributed by atoms with Gasteiger partial charge in [0.2, 0.25) is 0 Å². The number of hydrogen-bond donors (Lipinski definition) is 1. The van der Waals surface area contributed by atoms with E-state index in [1.165, 1.54) is 6.07 Å². The number of ether oxygens (including phenoxy) is 1. The van der Waals surface area contributed by atoms with Gasteiger partial charge in [0, 0.05) is 0 Å². The van der Waals surface area contributed by atoms with Crippen LogP contribution < -0.4 is 4.72 Å². The molecule has 0 saturated carbocycles. The van der Waals surface area contributed by atoms with Gasteiger partial charge in [0.15, 0.2) is 0 Å². The molecule has 1 aromatic heterocycles. The lowest BCUT2D eigenvalue weighted by Gasteiger charge is -2.20. The Morgan fingerprint density at radius 2 is 1.88 bits per heavy atom. The van der Waals surface area contributed by atoms with E-state index in [2.05, 4.69) is 4.72 Å². The average Bonchev–Trinajstić information content (AvgIpc) is 3.07. The van der Waals surface area contributed by atoms with E-state index < -0.39 is 22.0 Å². The Bertz CT molecular complexity index is 765. The van der Waals surface area contributed by atoms with Gasteiger partial charge < -0.3 is 4.74 Å². The van der Waals surface area contributed by atoms with Crippen molar-refractivity contribution in [1.82, 2.24) is 4.72 Å². The van der Waals surface area contributed by atoms with Gasteiger partial charge in [-0.25, -0.2) is 8.42 Å². The van der Waals surface area contributed by atoms with Crippen LogP contribution in [0.15, 0.2) is 46.0 Å². The van der Waals surface area contributed by atoms with Crippen LogP contribution in [0.3, 0.4) is 0 Å². The molecule has 1 heterocycles. The number of carbonyl (C=O) groups excluding carboxylic acids is 1. The Labute approximate surface area is 146 Å². The highest BCUT2D eigenvalue weighted by molar-refractivity contribution is 7.91. The van der Waals surface area contributed by atoms with Crippen molar-refractivity contribution in [3.63, 3.8) is 0 Å². The minimum Gasteiger partial charge on any atom is -0.460 e. The second kappa shape index (κ2) is 7.92. The maximum Gasteiger partial charge on any atom is 0.324 e. The molecule has 0 radical (unpaired) electrons. The number of benzene rings is 1. The summed E-state index contributed by atoms with van der Waals surface area (Å²) in [4.78, 5) is 12.3. The lowest BCUT2D eigenvalue weighted by Crippen LogP contribution is -2.45. The summed E-state index contributed by atoms with van der Waals surface area (Å²) >= 11 is 1.10. The predicted molar refractivity (Wildman–Crippen MR) is 94.2 cm³/mol. The van der Waals surface area contributed by atoms with Crippen molar-refractivity contribution >= 4 is 27.3 Å². The maximum absolute atomic E-state index is 12.3. The molecule has 130 valence electrons. The molecule has 0 saturated heterocycles. The number of nitrogens with one attached hydrogen (secondary N) is 1.